The number of hydrogen-bond donors (Lipinski definition) is 2. The van der Waals surface area contributed by atoms with Gasteiger partial charge in [0, 0.05) is 11.6 Å². The van der Waals surface area contributed by atoms with Crippen molar-refractivity contribution in [3.63, 3.8) is 0 Å². The number of aromatic carboxylic acids is 1. The monoisotopic (exact) mass is 385 g/mol. The zero-order valence-corrected chi connectivity index (χ0v) is 15.6. The van der Waals surface area contributed by atoms with Crippen LogP contribution in [0.3, 0.4) is 0 Å². The van der Waals surface area contributed by atoms with Gasteiger partial charge >= 0.3 is 5.97 Å². The minimum absolute atomic E-state index is 0.102. The first-order valence-electron chi connectivity index (χ1n) is 9.80. The van der Waals surface area contributed by atoms with E-state index in [1.165, 1.54) is 11.1 Å². The highest BCUT2D eigenvalue weighted by molar-refractivity contribution is 5.89. The van der Waals surface area contributed by atoms with Crippen LogP contribution in [0.15, 0.2) is 60.7 Å². The number of ether oxygens (including phenoxy) is 2. The molecule has 29 heavy (non-hydrogen) atoms. The molecule has 0 saturated carbocycles. The Balaban J connectivity index is 1.51. The standard InChI is InChI=1S/C24H19NO4/c26-24(27)15-5-7-19-17(10-15)22-16-4-2-1-3-13(16)9-18(22)23(25-19)14-6-8-20-21(11-14)29-12-28-20/h1-8,10-11,18,22-23,25H,9,12H2,(H,26,27)/t18-,22-,23+/m0/s1. The molecular formula is C24H19NO4. The van der Waals surface area contributed by atoms with Crippen molar-refractivity contribution in [3.8, 4) is 11.5 Å². The normalized spacial score (nSPS) is 23.0. The van der Waals surface area contributed by atoms with E-state index < -0.39 is 5.97 Å². The Hall–Kier alpha value is -3.47. The number of carbonyl (C=O) groups is 1. The van der Waals surface area contributed by atoms with Gasteiger partial charge in [0.1, 0.15) is 0 Å². The maximum atomic E-state index is 11.6. The molecule has 0 fully saturated rings. The molecule has 6 rings (SSSR count). The molecule has 2 aliphatic heterocycles. The Morgan fingerprint density at radius 2 is 1.83 bits per heavy atom. The average Bonchev–Trinajstić information content (AvgIpc) is 3.36. The Morgan fingerprint density at radius 3 is 2.72 bits per heavy atom. The molecule has 5 heteroatoms. The molecule has 1 aliphatic carbocycles. The molecule has 0 radical (unpaired) electrons. The van der Waals surface area contributed by atoms with E-state index in [1.807, 2.05) is 18.2 Å². The highest BCUT2D eigenvalue weighted by Crippen LogP contribution is 2.54. The van der Waals surface area contributed by atoms with Gasteiger partial charge in [-0.2, -0.15) is 0 Å². The van der Waals surface area contributed by atoms with Crippen molar-refractivity contribution < 1.29 is 19.4 Å². The van der Waals surface area contributed by atoms with Crippen LogP contribution < -0.4 is 14.8 Å². The van der Waals surface area contributed by atoms with Crippen molar-refractivity contribution in [1.29, 1.82) is 0 Å². The summed E-state index contributed by atoms with van der Waals surface area (Å²) in [7, 11) is 0. The summed E-state index contributed by atoms with van der Waals surface area (Å²) in [6, 6.07) is 20.2. The molecule has 0 unspecified atom stereocenters. The van der Waals surface area contributed by atoms with Crippen LogP contribution in [0, 0.1) is 5.92 Å². The first-order chi connectivity index (χ1) is 14.2. The van der Waals surface area contributed by atoms with Gasteiger partial charge in [-0.05, 0) is 64.9 Å². The molecule has 0 amide bonds. The number of fused-ring (bicyclic) bond motifs is 6. The third-order valence-electron chi connectivity index (χ3n) is 6.40. The Labute approximate surface area is 167 Å². The second kappa shape index (κ2) is 6.01. The predicted molar refractivity (Wildman–Crippen MR) is 108 cm³/mol. The summed E-state index contributed by atoms with van der Waals surface area (Å²) >= 11 is 0. The van der Waals surface area contributed by atoms with Gasteiger partial charge in [0.2, 0.25) is 6.79 Å². The smallest absolute Gasteiger partial charge is 0.335 e. The molecule has 2 heterocycles. The topological polar surface area (TPSA) is 67.8 Å². The SMILES string of the molecule is O=C(O)c1ccc2c(c1)[C@@H]1c3ccccc3C[C@@H]1[C@@H](c1ccc3c(c1)OCO3)N2. The molecule has 3 atom stereocenters. The Bertz CT molecular complexity index is 1160. The average molecular weight is 385 g/mol. The lowest BCUT2D eigenvalue weighted by atomic mass is 9.75. The van der Waals surface area contributed by atoms with Crippen LogP contribution in [0.1, 0.15) is 44.6 Å². The van der Waals surface area contributed by atoms with Gasteiger partial charge in [-0.15, -0.1) is 0 Å². The van der Waals surface area contributed by atoms with Crippen LogP contribution in [0.25, 0.3) is 0 Å². The number of nitrogens with one attached hydrogen (secondary N) is 1. The summed E-state index contributed by atoms with van der Waals surface area (Å²) in [5, 5.41) is 13.2. The van der Waals surface area contributed by atoms with Gasteiger partial charge in [-0.25, -0.2) is 4.79 Å². The lowest BCUT2D eigenvalue weighted by Crippen LogP contribution is -2.30. The molecule has 144 valence electrons. The van der Waals surface area contributed by atoms with Crippen molar-refractivity contribution in [2.24, 2.45) is 5.92 Å². The molecule has 3 aromatic carbocycles. The fraction of sp³-hybridized carbons (Fsp3) is 0.208. The van der Waals surface area contributed by atoms with Crippen molar-refractivity contribution in [3.05, 3.63) is 88.5 Å². The van der Waals surface area contributed by atoms with Gasteiger partial charge in [-0.1, -0.05) is 30.3 Å². The lowest BCUT2D eigenvalue weighted by Gasteiger charge is -2.38. The molecule has 0 saturated heterocycles. The van der Waals surface area contributed by atoms with E-state index in [-0.39, 0.29) is 18.8 Å². The minimum atomic E-state index is -0.895. The highest BCUT2D eigenvalue weighted by atomic mass is 16.7. The van der Waals surface area contributed by atoms with Crippen molar-refractivity contribution >= 4 is 11.7 Å². The molecule has 0 bridgehead atoms. The molecule has 3 aromatic rings. The number of carboxylic acid groups (broad SMARTS) is 1. The fourth-order valence-corrected chi connectivity index (χ4v) is 5.13. The second-order valence-corrected chi connectivity index (χ2v) is 7.89. The van der Waals surface area contributed by atoms with E-state index in [9.17, 15) is 9.90 Å². The maximum Gasteiger partial charge on any atom is 0.335 e. The predicted octanol–water partition coefficient (Wildman–Crippen LogP) is 4.58. The van der Waals surface area contributed by atoms with Gasteiger partial charge in [0.25, 0.3) is 0 Å². The van der Waals surface area contributed by atoms with Gasteiger partial charge in [0.15, 0.2) is 11.5 Å². The number of carboxylic acids is 1. The minimum Gasteiger partial charge on any atom is -0.478 e. The first-order valence-corrected chi connectivity index (χ1v) is 9.80. The van der Waals surface area contributed by atoms with Crippen LogP contribution >= 0.6 is 0 Å². The summed E-state index contributed by atoms with van der Waals surface area (Å²) in [5.74, 6) is 1.13. The summed E-state index contributed by atoms with van der Waals surface area (Å²) in [6.07, 6.45) is 0.948. The second-order valence-electron chi connectivity index (χ2n) is 7.89. The summed E-state index contributed by atoms with van der Waals surface area (Å²) in [4.78, 5) is 11.6. The Kier molecular flexibility index (Phi) is 3.42. The highest BCUT2D eigenvalue weighted by Gasteiger charge is 2.43. The number of anilines is 1. The van der Waals surface area contributed by atoms with Crippen LogP contribution in [0.5, 0.6) is 11.5 Å². The third-order valence-corrected chi connectivity index (χ3v) is 6.40. The van der Waals surface area contributed by atoms with Crippen LogP contribution in [0.2, 0.25) is 0 Å². The first kappa shape index (κ1) is 16.5. The molecule has 0 spiro atoms. The molecule has 5 nitrogen and oxygen atoms in total. The van der Waals surface area contributed by atoms with E-state index in [0.29, 0.717) is 11.5 Å². The molecule has 3 aliphatic rings. The molecular weight excluding hydrogens is 366 g/mol. The van der Waals surface area contributed by atoms with Crippen LogP contribution in [-0.2, 0) is 6.42 Å². The summed E-state index contributed by atoms with van der Waals surface area (Å²) < 4.78 is 11.1. The van der Waals surface area contributed by atoms with Gasteiger partial charge < -0.3 is 19.9 Å². The fourth-order valence-electron chi connectivity index (χ4n) is 5.13. The van der Waals surface area contributed by atoms with Crippen LogP contribution in [-0.4, -0.2) is 17.9 Å². The van der Waals surface area contributed by atoms with Crippen molar-refractivity contribution in [1.82, 2.24) is 0 Å². The van der Waals surface area contributed by atoms with Crippen LogP contribution in [0.4, 0.5) is 5.69 Å². The Morgan fingerprint density at radius 1 is 0.966 bits per heavy atom. The number of hydrogen-bond acceptors (Lipinski definition) is 4. The van der Waals surface area contributed by atoms with Crippen molar-refractivity contribution in [2.45, 2.75) is 18.4 Å². The third kappa shape index (κ3) is 2.43. The number of rotatable bonds is 2. The largest absolute Gasteiger partial charge is 0.478 e. The molecule has 2 N–H and O–H groups in total. The van der Waals surface area contributed by atoms with E-state index >= 15 is 0 Å². The number of benzene rings is 3. The van der Waals surface area contributed by atoms with E-state index in [4.69, 9.17) is 9.47 Å². The van der Waals surface area contributed by atoms with E-state index in [0.717, 1.165) is 34.7 Å². The van der Waals surface area contributed by atoms with Crippen molar-refractivity contribution in [2.75, 3.05) is 12.1 Å². The zero-order chi connectivity index (χ0) is 19.5. The van der Waals surface area contributed by atoms with E-state index in [2.05, 4.69) is 41.7 Å². The lowest BCUT2D eigenvalue weighted by molar-refractivity contribution is 0.0696. The van der Waals surface area contributed by atoms with Gasteiger partial charge in [0.05, 0.1) is 11.6 Å². The maximum absolute atomic E-state index is 11.6. The summed E-state index contributed by atoms with van der Waals surface area (Å²) in [6.45, 7) is 0.259. The van der Waals surface area contributed by atoms with Gasteiger partial charge in [-0.3, -0.25) is 0 Å². The summed E-state index contributed by atoms with van der Waals surface area (Å²) in [5.41, 5.74) is 6.19. The quantitative estimate of drug-likeness (QED) is 0.676. The zero-order valence-electron chi connectivity index (χ0n) is 15.6. The molecule has 0 aromatic heterocycles. The van der Waals surface area contributed by atoms with E-state index in [1.54, 1.807) is 6.07 Å².